The van der Waals surface area contributed by atoms with E-state index in [1.165, 1.54) is 24.4 Å². The number of amides is 1. The Morgan fingerprint density at radius 3 is 3.05 bits per heavy atom. The summed E-state index contributed by atoms with van der Waals surface area (Å²) in [6.07, 6.45) is 2.46. The second-order valence-electron chi connectivity index (χ2n) is 5.82. The van der Waals surface area contributed by atoms with Crippen molar-refractivity contribution < 1.29 is 4.79 Å². The summed E-state index contributed by atoms with van der Waals surface area (Å²) in [5, 5.41) is 7.63. The Bertz CT molecular complexity index is 459. The molecular weight excluding hydrogens is 260 g/mol. The van der Waals surface area contributed by atoms with Crippen LogP contribution in [0.15, 0.2) is 0 Å². The first-order valence-electron chi connectivity index (χ1n) is 7.01. The molecule has 19 heavy (non-hydrogen) atoms. The number of piperidine rings is 1. The Morgan fingerprint density at radius 2 is 2.32 bits per heavy atom. The van der Waals surface area contributed by atoms with E-state index in [0.29, 0.717) is 12.0 Å². The zero-order chi connectivity index (χ0) is 13.4. The molecule has 1 aromatic rings. The summed E-state index contributed by atoms with van der Waals surface area (Å²) in [6, 6.07) is 0.487. The van der Waals surface area contributed by atoms with Crippen LogP contribution in [-0.2, 0) is 0 Å². The summed E-state index contributed by atoms with van der Waals surface area (Å²) in [4.78, 5) is 15.3. The first-order chi connectivity index (χ1) is 9.16. The topological polar surface area (TPSA) is 58.1 Å². The summed E-state index contributed by atoms with van der Waals surface area (Å²) in [5.74, 6) is 0.997. The SMILES string of the molecule is CC(C)c1nnsc1C(=O)N1CC2CCCNC2C1. The molecule has 5 nitrogen and oxygen atoms in total. The largest absolute Gasteiger partial charge is 0.336 e. The zero-order valence-corrected chi connectivity index (χ0v) is 12.2. The van der Waals surface area contributed by atoms with Gasteiger partial charge >= 0.3 is 0 Å². The van der Waals surface area contributed by atoms with Gasteiger partial charge in [-0.3, -0.25) is 4.79 Å². The van der Waals surface area contributed by atoms with Gasteiger partial charge in [0.25, 0.3) is 5.91 Å². The molecule has 2 unspecified atom stereocenters. The summed E-state index contributed by atoms with van der Waals surface area (Å²) >= 11 is 1.23. The smallest absolute Gasteiger partial charge is 0.267 e. The fourth-order valence-electron chi connectivity index (χ4n) is 3.08. The first kappa shape index (κ1) is 13.0. The Hall–Kier alpha value is -1.01. The van der Waals surface area contributed by atoms with E-state index in [1.807, 2.05) is 4.90 Å². The molecule has 3 heterocycles. The first-order valence-corrected chi connectivity index (χ1v) is 7.79. The third-order valence-electron chi connectivity index (χ3n) is 4.14. The van der Waals surface area contributed by atoms with Gasteiger partial charge in [0.2, 0.25) is 0 Å². The van der Waals surface area contributed by atoms with E-state index in [4.69, 9.17) is 0 Å². The highest BCUT2D eigenvalue weighted by Crippen LogP contribution is 2.28. The number of fused-ring (bicyclic) bond motifs is 1. The molecule has 0 bridgehead atoms. The predicted octanol–water partition coefficient (Wildman–Crippen LogP) is 1.49. The van der Waals surface area contributed by atoms with Gasteiger partial charge in [-0.15, -0.1) is 5.10 Å². The Morgan fingerprint density at radius 1 is 1.47 bits per heavy atom. The van der Waals surface area contributed by atoms with Crippen molar-refractivity contribution in [3.8, 4) is 0 Å². The minimum atomic E-state index is 0.120. The number of nitrogens with zero attached hydrogens (tertiary/aromatic N) is 3. The van der Waals surface area contributed by atoms with Crippen molar-refractivity contribution in [1.82, 2.24) is 19.8 Å². The third kappa shape index (κ3) is 2.39. The standard InChI is InChI=1S/C13H20N4OS/c1-8(2)11-12(19-16-15-11)13(18)17-6-9-4-3-5-14-10(9)7-17/h8-10,14H,3-7H2,1-2H3. The maximum atomic E-state index is 12.6. The molecular formula is C13H20N4OS. The molecule has 6 heteroatoms. The van der Waals surface area contributed by atoms with Crippen LogP contribution in [0.4, 0.5) is 0 Å². The van der Waals surface area contributed by atoms with Crippen LogP contribution in [0.25, 0.3) is 0 Å². The maximum absolute atomic E-state index is 12.6. The second kappa shape index (κ2) is 5.17. The summed E-state index contributed by atoms with van der Waals surface area (Å²) in [6.45, 7) is 6.91. The lowest BCUT2D eigenvalue weighted by molar-refractivity contribution is 0.0788. The highest BCUT2D eigenvalue weighted by Gasteiger charge is 2.37. The van der Waals surface area contributed by atoms with Crippen molar-refractivity contribution in [3.05, 3.63) is 10.6 Å². The highest BCUT2D eigenvalue weighted by molar-refractivity contribution is 7.08. The molecule has 0 radical (unpaired) electrons. The molecule has 0 spiro atoms. The number of nitrogens with one attached hydrogen (secondary N) is 1. The van der Waals surface area contributed by atoms with Gasteiger partial charge in [0.15, 0.2) is 0 Å². The Labute approximate surface area is 117 Å². The van der Waals surface area contributed by atoms with Gasteiger partial charge in [-0.1, -0.05) is 18.3 Å². The van der Waals surface area contributed by atoms with Crippen LogP contribution in [0, 0.1) is 5.92 Å². The zero-order valence-electron chi connectivity index (χ0n) is 11.4. The van der Waals surface area contributed by atoms with Gasteiger partial charge in [-0.05, 0) is 42.8 Å². The number of hydrogen-bond acceptors (Lipinski definition) is 5. The van der Waals surface area contributed by atoms with Crippen LogP contribution in [0.1, 0.15) is 48.0 Å². The minimum absolute atomic E-state index is 0.120. The second-order valence-corrected chi connectivity index (χ2v) is 6.57. The average Bonchev–Trinajstić information content (AvgIpc) is 3.04. The van der Waals surface area contributed by atoms with E-state index in [1.54, 1.807) is 0 Å². The van der Waals surface area contributed by atoms with Crippen LogP contribution in [0.3, 0.4) is 0 Å². The lowest BCUT2D eigenvalue weighted by Gasteiger charge is -2.24. The van der Waals surface area contributed by atoms with Gasteiger partial charge in [0.05, 0.1) is 5.69 Å². The van der Waals surface area contributed by atoms with E-state index in [-0.39, 0.29) is 11.8 Å². The third-order valence-corrected chi connectivity index (χ3v) is 4.87. The van der Waals surface area contributed by atoms with Gasteiger partial charge in [0.1, 0.15) is 4.88 Å². The minimum Gasteiger partial charge on any atom is -0.336 e. The molecule has 1 N–H and O–H groups in total. The molecule has 3 rings (SSSR count). The van der Waals surface area contributed by atoms with Crippen molar-refractivity contribution in [2.24, 2.45) is 5.92 Å². The van der Waals surface area contributed by atoms with Crippen molar-refractivity contribution in [2.75, 3.05) is 19.6 Å². The molecule has 1 aromatic heterocycles. The van der Waals surface area contributed by atoms with Crippen molar-refractivity contribution in [2.45, 2.75) is 38.6 Å². The van der Waals surface area contributed by atoms with Crippen LogP contribution in [0.2, 0.25) is 0 Å². The van der Waals surface area contributed by atoms with E-state index in [0.717, 1.165) is 30.2 Å². The van der Waals surface area contributed by atoms with Gasteiger partial charge < -0.3 is 10.2 Å². The average molecular weight is 280 g/mol. The number of carbonyl (C=O) groups is 1. The molecule has 104 valence electrons. The summed E-state index contributed by atoms with van der Waals surface area (Å²) in [7, 11) is 0. The molecule has 0 aliphatic carbocycles. The summed E-state index contributed by atoms with van der Waals surface area (Å²) in [5.41, 5.74) is 0.845. The highest BCUT2D eigenvalue weighted by atomic mass is 32.1. The predicted molar refractivity (Wildman–Crippen MR) is 74.4 cm³/mol. The molecule has 2 atom stereocenters. The molecule has 0 saturated carbocycles. The number of aromatic nitrogens is 2. The molecule has 2 aliphatic heterocycles. The van der Waals surface area contributed by atoms with Crippen LogP contribution < -0.4 is 5.32 Å². The van der Waals surface area contributed by atoms with Crippen molar-refractivity contribution in [1.29, 1.82) is 0 Å². The van der Waals surface area contributed by atoms with Crippen LogP contribution in [-0.4, -0.2) is 46.1 Å². The Balaban J connectivity index is 1.76. The fourth-order valence-corrected chi connectivity index (χ4v) is 3.87. The van der Waals surface area contributed by atoms with E-state index >= 15 is 0 Å². The van der Waals surface area contributed by atoms with Gasteiger partial charge in [0, 0.05) is 19.1 Å². The maximum Gasteiger partial charge on any atom is 0.267 e. The van der Waals surface area contributed by atoms with Gasteiger partial charge in [-0.2, -0.15) is 0 Å². The normalized spacial score (nSPS) is 26.8. The fraction of sp³-hybridized carbons (Fsp3) is 0.769. The number of likely N-dealkylation sites (tertiary alicyclic amines) is 1. The lowest BCUT2D eigenvalue weighted by atomic mass is 9.94. The molecule has 0 aromatic carbocycles. The molecule has 2 fully saturated rings. The van der Waals surface area contributed by atoms with Crippen molar-refractivity contribution in [3.63, 3.8) is 0 Å². The number of hydrogen-bond donors (Lipinski definition) is 1. The molecule has 2 saturated heterocycles. The quantitative estimate of drug-likeness (QED) is 0.891. The molecule has 1 amide bonds. The van der Waals surface area contributed by atoms with E-state index in [9.17, 15) is 4.79 Å². The number of carbonyl (C=O) groups excluding carboxylic acids is 1. The number of rotatable bonds is 2. The van der Waals surface area contributed by atoms with E-state index < -0.39 is 0 Å². The summed E-state index contributed by atoms with van der Waals surface area (Å²) < 4.78 is 3.96. The van der Waals surface area contributed by atoms with Gasteiger partial charge in [-0.25, -0.2) is 0 Å². The monoisotopic (exact) mass is 280 g/mol. The van der Waals surface area contributed by atoms with Crippen molar-refractivity contribution >= 4 is 17.4 Å². The van der Waals surface area contributed by atoms with E-state index in [2.05, 4.69) is 28.8 Å². The van der Waals surface area contributed by atoms with Crippen LogP contribution >= 0.6 is 11.5 Å². The Kier molecular flexibility index (Phi) is 3.54. The van der Waals surface area contributed by atoms with Crippen LogP contribution in [0.5, 0.6) is 0 Å². The lowest BCUT2D eigenvalue weighted by Crippen LogP contribution is -2.41. The molecule has 2 aliphatic rings.